The maximum absolute atomic E-state index is 12.6. The summed E-state index contributed by atoms with van der Waals surface area (Å²) in [4.78, 5) is 10.9. The number of anilines is 1. The molecule has 146 valence electrons. The highest BCUT2D eigenvalue weighted by molar-refractivity contribution is 7.94. The fourth-order valence-corrected chi connectivity index (χ4v) is 5.26. The molecule has 0 atom stereocenters. The number of benzene rings is 2. The quantitative estimate of drug-likeness (QED) is 0.463. The number of sulfonamides is 1. The van der Waals surface area contributed by atoms with Gasteiger partial charge in [-0.05, 0) is 29.3 Å². The standard InChI is InChI=1S/C18H14ClNO6S2/c19-17-14(11-3-1-10(9-21)2-4-11)8-16(27-17)28(25,26)20-12-5-6-13(18(23)24)15(22)7-12/h1-8,20-22H,9H2,(H,23,24). The molecule has 0 aliphatic rings. The van der Waals surface area contributed by atoms with Crippen LogP contribution in [0.25, 0.3) is 11.1 Å². The number of aliphatic hydroxyl groups excluding tert-OH is 1. The van der Waals surface area contributed by atoms with Crippen molar-refractivity contribution in [3.63, 3.8) is 0 Å². The minimum absolute atomic E-state index is 0.0147. The molecule has 0 aliphatic carbocycles. The van der Waals surface area contributed by atoms with E-state index in [1.54, 1.807) is 24.3 Å². The average Bonchev–Trinajstić information content (AvgIpc) is 3.04. The molecule has 1 heterocycles. The maximum atomic E-state index is 12.6. The first-order valence-electron chi connectivity index (χ1n) is 7.80. The zero-order chi connectivity index (χ0) is 20.5. The number of nitrogens with one attached hydrogen (secondary N) is 1. The summed E-state index contributed by atoms with van der Waals surface area (Å²) in [5, 5.41) is 27.7. The molecule has 0 saturated heterocycles. The maximum Gasteiger partial charge on any atom is 0.339 e. The Hall–Kier alpha value is -2.59. The van der Waals surface area contributed by atoms with Crippen LogP contribution in [-0.4, -0.2) is 29.7 Å². The number of aromatic hydroxyl groups is 1. The molecule has 4 N–H and O–H groups in total. The number of carbonyl (C=O) groups is 1. The number of aliphatic hydroxyl groups is 1. The number of carboxylic acid groups (broad SMARTS) is 1. The number of aromatic carboxylic acids is 1. The van der Waals surface area contributed by atoms with E-state index in [4.69, 9.17) is 21.8 Å². The van der Waals surface area contributed by atoms with Crippen LogP contribution in [0.5, 0.6) is 5.75 Å². The van der Waals surface area contributed by atoms with Gasteiger partial charge in [-0.3, -0.25) is 4.72 Å². The lowest BCUT2D eigenvalue weighted by molar-refractivity contribution is 0.0693. The summed E-state index contributed by atoms with van der Waals surface area (Å²) >= 11 is 7.08. The van der Waals surface area contributed by atoms with Gasteiger partial charge in [0.2, 0.25) is 0 Å². The fraction of sp³-hybridized carbons (Fsp3) is 0.0556. The lowest BCUT2D eigenvalue weighted by Crippen LogP contribution is -2.11. The van der Waals surface area contributed by atoms with Crippen molar-refractivity contribution in [2.45, 2.75) is 10.8 Å². The van der Waals surface area contributed by atoms with E-state index >= 15 is 0 Å². The monoisotopic (exact) mass is 439 g/mol. The number of halogens is 1. The molecule has 0 bridgehead atoms. The van der Waals surface area contributed by atoms with E-state index in [2.05, 4.69) is 4.72 Å². The molecule has 0 saturated carbocycles. The summed E-state index contributed by atoms with van der Waals surface area (Å²) in [5.74, 6) is -1.88. The smallest absolute Gasteiger partial charge is 0.339 e. The number of hydrogen-bond acceptors (Lipinski definition) is 6. The zero-order valence-electron chi connectivity index (χ0n) is 14.1. The summed E-state index contributed by atoms with van der Waals surface area (Å²) in [6.45, 7) is -0.102. The van der Waals surface area contributed by atoms with Gasteiger partial charge >= 0.3 is 5.97 Å². The number of rotatable bonds is 6. The van der Waals surface area contributed by atoms with E-state index in [9.17, 15) is 18.3 Å². The van der Waals surface area contributed by atoms with E-state index in [1.807, 2.05) is 0 Å². The van der Waals surface area contributed by atoms with E-state index < -0.39 is 21.7 Å². The van der Waals surface area contributed by atoms with Gasteiger partial charge in [-0.1, -0.05) is 35.9 Å². The Kier molecular flexibility index (Phi) is 5.61. The molecular formula is C18H14ClNO6S2. The van der Waals surface area contributed by atoms with Gasteiger partial charge in [0.05, 0.1) is 12.3 Å². The Morgan fingerprint density at radius 2 is 1.79 bits per heavy atom. The van der Waals surface area contributed by atoms with Crippen molar-refractivity contribution in [2.75, 3.05) is 4.72 Å². The van der Waals surface area contributed by atoms with Crippen molar-refractivity contribution in [3.05, 3.63) is 64.0 Å². The Morgan fingerprint density at radius 1 is 1.11 bits per heavy atom. The molecule has 1 aromatic heterocycles. The molecule has 10 heteroatoms. The zero-order valence-corrected chi connectivity index (χ0v) is 16.5. The highest BCUT2D eigenvalue weighted by atomic mass is 35.5. The Morgan fingerprint density at radius 3 is 2.36 bits per heavy atom. The molecule has 0 fully saturated rings. The van der Waals surface area contributed by atoms with Crippen molar-refractivity contribution in [2.24, 2.45) is 0 Å². The second kappa shape index (κ2) is 7.80. The topological polar surface area (TPSA) is 124 Å². The average molecular weight is 440 g/mol. The van der Waals surface area contributed by atoms with Crippen molar-refractivity contribution in [3.8, 4) is 16.9 Å². The summed E-state index contributed by atoms with van der Waals surface area (Å²) in [7, 11) is -4.00. The van der Waals surface area contributed by atoms with Gasteiger partial charge in [0.1, 0.15) is 19.9 Å². The fourth-order valence-electron chi connectivity index (χ4n) is 2.45. The highest BCUT2D eigenvalue weighted by Gasteiger charge is 2.21. The lowest BCUT2D eigenvalue weighted by Gasteiger charge is -2.07. The summed E-state index contributed by atoms with van der Waals surface area (Å²) in [5.41, 5.74) is 1.62. The first-order valence-corrected chi connectivity index (χ1v) is 10.5. The number of thiophene rings is 1. The molecule has 0 unspecified atom stereocenters. The normalized spacial score (nSPS) is 11.4. The third kappa shape index (κ3) is 4.12. The number of phenols is 1. The lowest BCUT2D eigenvalue weighted by atomic mass is 10.1. The Balaban J connectivity index is 1.90. The highest BCUT2D eigenvalue weighted by Crippen LogP contribution is 2.38. The second-order valence-corrected chi connectivity index (χ2v) is 9.31. The van der Waals surface area contributed by atoms with Crippen LogP contribution in [0.2, 0.25) is 4.34 Å². The molecule has 3 aromatic rings. The van der Waals surface area contributed by atoms with Crippen LogP contribution < -0.4 is 4.72 Å². The van der Waals surface area contributed by atoms with Crippen molar-refractivity contribution < 1.29 is 28.5 Å². The van der Waals surface area contributed by atoms with Crippen molar-refractivity contribution in [1.29, 1.82) is 0 Å². The molecular weight excluding hydrogens is 426 g/mol. The molecule has 0 spiro atoms. The van der Waals surface area contributed by atoms with Crippen LogP contribution in [0.15, 0.2) is 52.7 Å². The SMILES string of the molecule is O=C(O)c1ccc(NS(=O)(=O)c2cc(-c3ccc(CO)cc3)c(Cl)s2)cc1O. The molecule has 0 radical (unpaired) electrons. The van der Waals surface area contributed by atoms with Gasteiger partial charge in [-0.15, -0.1) is 11.3 Å². The number of hydrogen-bond donors (Lipinski definition) is 4. The molecule has 3 rings (SSSR count). The minimum Gasteiger partial charge on any atom is -0.507 e. The molecule has 0 aliphatic heterocycles. The van der Waals surface area contributed by atoms with Crippen molar-refractivity contribution >= 4 is 44.6 Å². The molecule has 7 nitrogen and oxygen atoms in total. The third-order valence-electron chi connectivity index (χ3n) is 3.86. The third-order valence-corrected chi connectivity index (χ3v) is 7.07. The molecule has 0 amide bonds. The van der Waals surface area contributed by atoms with Gasteiger partial charge in [0.15, 0.2) is 0 Å². The summed E-state index contributed by atoms with van der Waals surface area (Å²) in [6, 6.07) is 11.7. The van der Waals surface area contributed by atoms with E-state index in [-0.39, 0.29) is 26.4 Å². The predicted molar refractivity (Wildman–Crippen MR) is 107 cm³/mol. The van der Waals surface area contributed by atoms with Crippen LogP contribution >= 0.6 is 22.9 Å². The predicted octanol–water partition coefficient (Wildman–Crippen LogP) is 3.77. The Labute approximate surface area is 169 Å². The van der Waals surface area contributed by atoms with E-state index in [0.29, 0.717) is 16.7 Å². The van der Waals surface area contributed by atoms with Crippen LogP contribution in [0.3, 0.4) is 0 Å². The van der Waals surface area contributed by atoms with Crippen molar-refractivity contribution in [1.82, 2.24) is 0 Å². The first kappa shape index (κ1) is 20.2. The minimum atomic E-state index is -4.00. The molecule has 28 heavy (non-hydrogen) atoms. The Bertz CT molecular complexity index is 1140. The second-order valence-electron chi connectivity index (χ2n) is 5.75. The van der Waals surface area contributed by atoms with Gasteiger partial charge in [0, 0.05) is 11.6 Å². The molecule has 2 aromatic carbocycles. The van der Waals surface area contributed by atoms with E-state index in [1.165, 1.54) is 12.1 Å². The van der Waals surface area contributed by atoms with Crippen LogP contribution in [-0.2, 0) is 16.6 Å². The van der Waals surface area contributed by atoms with Gasteiger partial charge in [0.25, 0.3) is 10.0 Å². The largest absolute Gasteiger partial charge is 0.507 e. The van der Waals surface area contributed by atoms with Gasteiger partial charge in [-0.2, -0.15) is 0 Å². The number of carboxylic acids is 1. The van der Waals surface area contributed by atoms with Crippen LogP contribution in [0, 0.1) is 0 Å². The summed E-state index contributed by atoms with van der Waals surface area (Å²) in [6.07, 6.45) is 0. The van der Waals surface area contributed by atoms with Gasteiger partial charge in [-0.25, -0.2) is 13.2 Å². The van der Waals surface area contributed by atoms with Gasteiger partial charge < -0.3 is 15.3 Å². The first-order chi connectivity index (χ1) is 13.2. The van der Waals surface area contributed by atoms with Crippen LogP contribution in [0.1, 0.15) is 15.9 Å². The summed E-state index contributed by atoms with van der Waals surface area (Å²) < 4.78 is 27.8. The van der Waals surface area contributed by atoms with Crippen LogP contribution in [0.4, 0.5) is 5.69 Å². The van der Waals surface area contributed by atoms with E-state index in [0.717, 1.165) is 23.5 Å².